The van der Waals surface area contributed by atoms with E-state index in [0.29, 0.717) is 6.33 Å². The summed E-state index contributed by atoms with van der Waals surface area (Å²) in [5.41, 5.74) is 0. The molecular weight excluding hydrogens is 141 g/mol. The first-order valence-corrected chi connectivity index (χ1v) is 2.61. The van der Waals surface area contributed by atoms with Gasteiger partial charge >= 0.3 is 0 Å². The molecule has 0 rings (SSSR count). The Hall–Kier alpha value is -0.990. The average Bonchev–Trinajstić information content (AvgIpc) is 2.02. The molecule has 0 N–H and O–H groups in total. The Bertz CT molecular complexity index is 100. The number of halogens is 3. The Morgan fingerprint density at radius 1 is 0.900 bits per heavy atom. The normalized spacial score (nSPS) is 10.8. The maximum absolute atomic E-state index is 11.2. The van der Waals surface area contributed by atoms with Crippen molar-refractivity contribution in [3.63, 3.8) is 0 Å². The van der Waals surface area contributed by atoms with Crippen LogP contribution in [0.15, 0.2) is 36.7 Å². The molecule has 0 radical (unpaired) electrons. The van der Waals surface area contributed by atoms with Crippen LogP contribution in [0.1, 0.15) is 6.92 Å². The quantitative estimate of drug-likeness (QED) is 0.529. The molecule has 0 aliphatic heterocycles. The van der Waals surface area contributed by atoms with Crippen LogP contribution in [0.2, 0.25) is 0 Å². The van der Waals surface area contributed by atoms with Crippen molar-refractivity contribution in [3.8, 4) is 0 Å². The molecule has 0 bridgehead atoms. The van der Waals surface area contributed by atoms with E-state index in [9.17, 15) is 4.39 Å². The van der Waals surface area contributed by atoms with Crippen LogP contribution in [0.25, 0.3) is 0 Å². The van der Waals surface area contributed by atoms with Gasteiger partial charge in [-0.25, -0.2) is 4.39 Å². The monoisotopic (exact) mass is 150 g/mol. The molecule has 3 heteroatoms. The second kappa shape index (κ2) is 15.7. The molecule has 0 saturated heterocycles. The summed E-state index contributed by atoms with van der Waals surface area (Å²) in [7, 11) is 0. The summed E-state index contributed by atoms with van der Waals surface area (Å²) in [5, 5.41) is 0. The number of hydrogen-bond acceptors (Lipinski definition) is 0. The summed E-state index contributed by atoms with van der Waals surface area (Å²) in [6, 6.07) is 0. The van der Waals surface area contributed by atoms with Crippen molar-refractivity contribution in [2.24, 2.45) is 0 Å². The molecule has 58 valence electrons. The predicted octanol–water partition coefficient (Wildman–Crippen LogP) is 3.44. The SMILES string of the molecule is C/C=C/C=C/C=C/F.FF. The maximum Gasteiger partial charge on any atom is 0.0866 e. The summed E-state index contributed by atoms with van der Waals surface area (Å²) in [4.78, 5) is 0. The third kappa shape index (κ3) is 15.7. The van der Waals surface area contributed by atoms with Crippen molar-refractivity contribution in [1.29, 1.82) is 0 Å². The predicted molar refractivity (Wildman–Crippen MR) is 36.4 cm³/mol. The van der Waals surface area contributed by atoms with Crippen molar-refractivity contribution < 1.29 is 13.5 Å². The lowest BCUT2D eigenvalue weighted by Gasteiger charge is -1.66. The van der Waals surface area contributed by atoms with Gasteiger partial charge in [0, 0.05) is 9.15 Å². The highest BCUT2D eigenvalue weighted by Crippen LogP contribution is 1.78. The minimum Gasteiger partial charge on any atom is -0.216 e. The van der Waals surface area contributed by atoms with Crippen molar-refractivity contribution in [2.75, 3.05) is 0 Å². The molecule has 0 amide bonds. The zero-order valence-electron chi connectivity index (χ0n) is 5.60. The van der Waals surface area contributed by atoms with Crippen LogP contribution in [-0.4, -0.2) is 0 Å². The average molecular weight is 150 g/mol. The number of hydrogen-bond donors (Lipinski definition) is 0. The molecular formula is C7H9F3. The molecule has 0 saturated carbocycles. The first-order chi connectivity index (χ1) is 4.91. The van der Waals surface area contributed by atoms with Crippen LogP contribution in [-0.2, 0) is 0 Å². The Kier molecular flexibility index (Phi) is 18.4. The van der Waals surface area contributed by atoms with Gasteiger partial charge in [0.25, 0.3) is 0 Å². The molecule has 0 aromatic carbocycles. The maximum atomic E-state index is 11.2. The first-order valence-electron chi connectivity index (χ1n) is 2.61. The van der Waals surface area contributed by atoms with Gasteiger partial charge in [0.2, 0.25) is 0 Å². The molecule has 0 unspecified atom stereocenters. The van der Waals surface area contributed by atoms with E-state index in [0.717, 1.165) is 0 Å². The molecule has 0 atom stereocenters. The third-order valence-corrected chi connectivity index (χ3v) is 0.599. The van der Waals surface area contributed by atoms with E-state index in [1.54, 1.807) is 12.2 Å². The van der Waals surface area contributed by atoms with E-state index in [2.05, 4.69) is 0 Å². The van der Waals surface area contributed by atoms with Crippen molar-refractivity contribution in [1.82, 2.24) is 0 Å². The molecule has 0 spiro atoms. The molecule has 10 heavy (non-hydrogen) atoms. The van der Waals surface area contributed by atoms with Gasteiger partial charge in [0.1, 0.15) is 0 Å². The van der Waals surface area contributed by atoms with Crippen LogP contribution in [0, 0.1) is 0 Å². The lowest BCUT2D eigenvalue weighted by atomic mass is 10.4. The van der Waals surface area contributed by atoms with Gasteiger partial charge in [-0.2, -0.15) is 0 Å². The minimum atomic E-state index is 0.500. The van der Waals surface area contributed by atoms with Crippen LogP contribution in [0.5, 0.6) is 0 Å². The largest absolute Gasteiger partial charge is 0.216 e. The summed E-state index contributed by atoms with van der Waals surface area (Å²) in [6.45, 7) is 1.91. The van der Waals surface area contributed by atoms with Gasteiger partial charge in [0.05, 0.1) is 6.33 Å². The highest BCUT2D eigenvalue weighted by atomic mass is 20.0. The van der Waals surface area contributed by atoms with Gasteiger partial charge in [-0.15, -0.1) is 0 Å². The molecule has 0 fully saturated rings. The van der Waals surface area contributed by atoms with E-state index < -0.39 is 0 Å². The Labute approximate surface area is 58.2 Å². The van der Waals surface area contributed by atoms with E-state index >= 15 is 0 Å². The number of allylic oxidation sites excluding steroid dienone is 5. The van der Waals surface area contributed by atoms with E-state index in [1.807, 2.05) is 19.1 Å². The molecule has 0 nitrogen and oxygen atoms in total. The Balaban J connectivity index is 0. The smallest absolute Gasteiger partial charge is 0.0866 e. The van der Waals surface area contributed by atoms with Gasteiger partial charge in [-0.05, 0) is 13.0 Å². The fraction of sp³-hybridized carbons (Fsp3) is 0.143. The fourth-order valence-electron chi connectivity index (χ4n) is 0.281. The van der Waals surface area contributed by atoms with Crippen LogP contribution in [0.4, 0.5) is 13.5 Å². The van der Waals surface area contributed by atoms with Crippen LogP contribution in [0.3, 0.4) is 0 Å². The molecule has 0 aliphatic rings. The minimum absolute atomic E-state index is 0.500. The molecule has 0 aliphatic carbocycles. The summed E-state index contributed by atoms with van der Waals surface area (Å²) >= 11 is 0. The Morgan fingerprint density at radius 2 is 1.40 bits per heavy atom. The fourth-order valence-corrected chi connectivity index (χ4v) is 0.281. The van der Waals surface area contributed by atoms with Crippen molar-refractivity contribution >= 4 is 0 Å². The zero-order valence-corrected chi connectivity index (χ0v) is 5.60. The van der Waals surface area contributed by atoms with Gasteiger partial charge in [-0.3, -0.25) is 0 Å². The molecule has 0 aromatic heterocycles. The number of rotatable bonds is 2. The topological polar surface area (TPSA) is 0 Å². The van der Waals surface area contributed by atoms with Crippen molar-refractivity contribution in [2.45, 2.75) is 6.92 Å². The van der Waals surface area contributed by atoms with Gasteiger partial charge in [-0.1, -0.05) is 24.3 Å². The van der Waals surface area contributed by atoms with E-state index in [1.165, 1.54) is 6.08 Å². The highest BCUT2D eigenvalue weighted by Gasteiger charge is 1.57. The molecule has 0 heterocycles. The van der Waals surface area contributed by atoms with Gasteiger partial charge in [0.15, 0.2) is 0 Å². The second-order valence-electron chi connectivity index (χ2n) is 1.23. The van der Waals surface area contributed by atoms with Crippen molar-refractivity contribution in [3.05, 3.63) is 36.7 Å². The third-order valence-electron chi connectivity index (χ3n) is 0.599. The van der Waals surface area contributed by atoms with Crippen LogP contribution >= 0.6 is 0 Å². The lowest BCUT2D eigenvalue weighted by Crippen LogP contribution is -1.45. The zero-order chi connectivity index (χ0) is 8.24. The Morgan fingerprint density at radius 3 is 1.80 bits per heavy atom. The van der Waals surface area contributed by atoms with E-state index in [-0.39, 0.29) is 0 Å². The first kappa shape index (κ1) is 11.8. The van der Waals surface area contributed by atoms with Crippen LogP contribution < -0.4 is 0 Å². The molecule has 0 aromatic rings. The van der Waals surface area contributed by atoms with Gasteiger partial charge < -0.3 is 0 Å². The standard InChI is InChI=1S/C7H9F.F2/c1-2-3-4-5-6-7-8;1-2/h2-7H,1H3;/b3-2+,5-4+,7-6+;. The second-order valence-corrected chi connectivity index (χ2v) is 1.23. The lowest BCUT2D eigenvalue weighted by molar-refractivity contribution is 0.108. The van der Waals surface area contributed by atoms with E-state index in [4.69, 9.17) is 9.15 Å². The summed E-state index contributed by atoms with van der Waals surface area (Å²) in [5.74, 6) is 0. The highest BCUT2D eigenvalue weighted by molar-refractivity contribution is 5.08. The summed E-state index contributed by atoms with van der Waals surface area (Å²) < 4.78 is 27.2. The summed E-state index contributed by atoms with van der Waals surface area (Å²) in [6.07, 6.45) is 8.93.